The van der Waals surface area contributed by atoms with Gasteiger partial charge in [0, 0.05) is 38.9 Å². The minimum atomic E-state index is -0.622. The van der Waals surface area contributed by atoms with E-state index >= 15 is 0 Å². The van der Waals surface area contributed by atoms with E-state index in [-0.39, 0.29) is 6.04 Å². The van der Waals surface area contributed by atoms with Crippen molar-refractivity contribution < 1.29 is 9.84 Å². The normalized spacial score (nSPS) is 27.1. The van der Waals surface area contributed by atoms with Crippen LogP contribution in [0.4, 0.5) is 0 Å². The predicted molar refractivity (Wildman–Crippen MR) is 94.2 cm³/mol. The number of hydrogen-bond acceptors (Lipinski definition) is 6. The Morgan fingerprint density at radius 2 is 2.46 bits per heavy atom. The van der Waals surface area contributed by atoms with Gasteiger partial charge < -0.3 is 20.5 Å². The smallest absolute Gasteiger partial charge is 0.191 e. The maximum Gasteiger partial charge on any atom is 0.191 e. The Kier molecular flexibility index (Phi) is 5.62. The van der Waals surface area contributed by atoms with Gasteiger partial charge in [-0.2, -0.15) is 16.9 Å². The molecule has 0 amide bonds. The molecule has 24 heavy (non-hydrogen) atoms. The Hall–Kier alpha value is -1.32. The van der Waals surface area contributed by atoms with E-state index in [4.69, 9.17) is 4.74 Å². The number of aryl methyl sites for hydroxylation is 1. The molecule has 3 rings (SSSR count). The van der Waals surface area contributed by atoms with Gasteiger partial charge in [-0.3, -0.25) is 4.99 Å². The monoisotopic (exact) mass is 354 g/mol. The van der Waals surface area contributed by atoms with E-state index in [0.29, 0.717) is 13.2 Å². The van der Waals surface area contributed by atoms with Gasteiger partial charge in [-0.25, -0.2) is 9.67 Å². The number of nitrogens with one attached hydrogen (secondary N) is 2. The van der Waals surface area contributed by atoms with Gasteiger partial charge in [0.15, 0.2) is 11.8 Å². The quantitative estimate of drug-likeness (QED) is 0.496. The number of methoxy groups -OCH3 is 1. The van der Waals surface area contributed by atoms with E-state index in [0.717, 1.165) is 54.9 Å². The Labute approximate surface area is 146 Å². The highest BCUT2D eigenvalue weighted by molar-refractivity contribution is 7.99. The number of aromatic nitrogens is 3. The topological polar surface area (TPSA) is 96.6 Å². The first-order valence-corrected chi connectivity index (χ1v) is 9.46. The van der Waals surface area contributed by atoms with Crippen molar-refractivity contribution in [2.24, 2.45) is 4.99 Å². The zero-order valence-corrected chi connectivity index (χ0v) is 15.1. The third-order valence-electron chi connectivity index (χ3n) is 4.41. The van der Waals surface area contributed by atoms with Gasteiger partial charge in [0.2, 0.25) is 0 Å². The number of ether oxygens (including phenoxy) is 1. The van der Waals surface area contributed by atoms with Crippen molar-refractivity contribution in [2.75, 3.05) is 32.2 Å². The van der Waals surface area contributed by atoms with Gasteiger partial charge in [-0.15, -0.1) is 0 Å². The van der Waals surface area contributed by atoms with Crippen LogP contribution in [0, 0.1) is 0 Å². The molecule has 0 aliphatic carbocycles. The van der Waals surface area contributed by atoms with Gasteiger partial charge in [0.1, 0.15) is 12.4 Å². The Morgan fingerprint density at radius 3 is 3.17 bits per heavy atom. The van der Waals surface area contributed by atoms with E-state index in [1.54, 1.807) is 25.9 Å². The summed E-state index contributed by atoms with van der Waals surface area (Å²) in [5.41, 5.74) is -0.622. The van der Waals surface area contributed by atoms with Crippen molar-refractivity contribution in [3.63, 3.8) is 0 Å². The summed E-state index contributed by atoms with van der Waals surface area (Å²) in [5, 5.41) is 21.6. The standard InChI is InChI=1S/C15H26N6O2S/c1-16-14(17-9-15(22)5-6-24-10-15)18-11-3-4-13-19-12(8-23-2)20-21(13)7-11/h11,22H,3-10H2,1-2H3,(H2,16,17,18). The maximum absolute atomic E-state index is 10.4. The number of rotatable bonds is 5. The van der Waals surface area contributed by atoms with Gasteiger partial charge in [-0.05, 0) is 18.6 Å². The fourth-order valence-electron chi connectivity index (χ4n) is 3.04. The number of hydrogen-bond donors (Lipinski definition) is 3. The summed E-state index contributed by atoms with van der Waals surface area (Å²) in [5.74, 6) is 4.28. The molecular formula is C15H26N6O2S. The molecule has 2 aliphatic rings. The van der Waals surface area contributed by atoms with Crippen LogP contribution in [-0.2, 0) is 24.3 Å². The summed E-state index contributed by atoms with van der Waals surface area (Å²) in [6.07, 6.45) is 2.69. The van der Waals surface area contributed by atoms with Crippen molar-refractivity contribution in [1.29, 1.82) is 0 Å². The molecular weight excluding hydrogens is 328 g/mol. The number of guanidine groups is 1. The van der Waals surface area contributed by atoms with Gasteiger partial charge in [0.05, 0.1) is 12.1 Å². The lowest BCUT2D eigenvalue weighted by atomic mass is 10.0. The Morgan fingerprint density at radius 1 is 1.58 bits per heavy atom. The highest BCUT2D eigenvalue weighted by Crippen LogP contribution is 2.26. The lowest BCUT2D eigenvalue weighted by Gasteiger charge is -2.27. The molecule has 2 unspecified atom stereocenters. The first-order valence-electron chi connectivity index (χ1n) is 8.31. The lowest BCUT2D eigenvalue weighted by Crippen LogP contribution is -2.51. The van der Waals surface area contributed by atoms with Gasteiger partial charge in [-0.1, -0.05) is 0 Å². The van der Waals surface area contributed by atoms with Crippen LogP contribution in [0.3, 0.4) is 0 Å². The molecule has 2 aliphatic heterocycles. The second kappa shape index (κ2) is 7.71. The Balaban J connectivity index is 1.53. The van der Waals surface area contributed by atoms with Gasteiger partial charge in [0.25, 0.3) is 0 Å². The third kappa shape index (κ3) is 4.20. The zero-order valence-electron chi connectivity index (χ0n) is 14.3. The van der Waals surface area contributed by atoms with E-state index in [9.17, 15) is 5.11 Å². The maximum atomic E-state index is 10.4. The molecule has 0 spiro atoms. The first-order chi connectivity index (χ1) is 11.6. The van der Waals surface area contributed by atoms with Crippen molar-refractivity contribution >= 4 is 17.7 Å². The lowest BCUT2D eigenvalue weighted by molar-refractivity contribution is 0.0723. The number of aliphatic hydroxyl groups is 1. The first kappa shape index (κ1) is 17.5. The van der Waals surface area contributed by atoms with Crippen molar-refractivity contribution in [3.05, 3.63) is 11.6 Å². The van der Waals surface area contributed by atoms with Crippen LogP contribution in [0.25, 0.3) is 0 Å². The van der Waals surface area contributed by atoms with Crippen LogP contribution in [0.2, 0.25) is 0 Å². The SMILES string of the molecule is CN=C(NCC1(O)CCSC1)NC1CCc2nc(COC)nn2C1. The molecule has 1 fully saturated rings. The number of aliphatic imine (C=N–C) groups is 1. The minimum absolute atomic E-state index is 0.244. The average molecular weight is 354 g/mol. The zero-order chi connectivity index (χ0) is 17.0. The van der Waals surface area contributed by atoms with Crippen molar-refractivity contribution in [3.8, 4) is 0 Å². The minimum Gasteiger partial charge on any atom is -0.387 e. The van der Waals surface area contributed by atoms with Crippen LogP contribution < -0.4 is 10.6 Å². The average Bonchev–Trinajstić information content (AvgIpc) is 3.17. The summed E-state index contributed by atoms with van der Waals surface area (Å²) >= 11 is 1.80. The second-order valence-electron chi connectivity index (χ2n) is 6.39. The molecule has 0 radical (unpaired) electrons. The second-order valence-corrected chi connectivity index (χ2v) is 7.50. The summed E-state index contributed by atoms with van der Waals surface area (Å²) in [4.78, 5) is 8.77. The molecule has 1 saturated heterocycles. The van der Waals surface area contributed by atoms with Gasteiger partial charge >= 0.3 is 0 Å². The molecule has 1 aromatic heterocycles. The van der Waals surface area contributed by atoms with Crippen molar-refractivity contribution in [2.45, 2.75) is 44.1 Å². The van der Waals surface area contributed by atoms with Crippen molar-refractivity contribution in [1.82, 2.24) is 25.4 Å². The van der Waals surface area contributed by atoms with E-state index in [2.05, 4.69) is 25.7 Å². The molecule has 3 heterocycles. The summed E-state index contributed by atoms with van der Waals surface area (Å²) in [6.45, 7) is 1.73. The van der Waals surface area contributed by atoms with Crippen LogP contribution in [0.15, 0.2) is 4.99 Å². The summed E-state index contributed by atoms with van der Waals surface area (Å²) in [7, 11) is 3.40. The molecule has 3 N–H and O–H groups in total. The summed E-state index contributed by atoms with van der Waals surface area (Å²) in [6, 6.07) is 0.244. The highest BCUT2D eigenvalue weighted by Gasteiger charge is 2.32. The van der Waals surface area contributed by atoms with Crippen LogP contribution in [-0.4, -0.2) is 69.7 Å². The van der Waals surface area contributed by atoms with Crippen LogP contribution in [0.1, 0.15) is 24.5 Å². The number of thioether (sulfide) groups is 1. The summed E-state index contributed by atoms with van der Waals surface area (Å²) < 4.78 is 7.04. The Bertz CT molecular complexity index is 585. The molecule has 0 saturated carbocycles. The molecule has 0 bridgehead atoms. The molecule has 8 nitrogen and oxygen atoms in total. The fraction of sp³-hybridized carbons (Fsp3) is 0.800. The van der Waals surface area contributed by atoms with Crippen LogP contribution in [0.5, 0.6) is 0 Å². The predicted octanol–water partition coefficient (Wildman–Crippen LogP) is -0.228. The highest BCUT2D eigenvalue weighted by atomic mass is 32.2. The molecule has 2 atom stereocenters. The number of nitrogens with zero attached hydrogens (tertiary/aromatic N) is 4. The van der Waals surface area contributed by atoms with E-state index < -0.39 is 5.60 Å². The molecule has 1 aromatic rings. The largest absolute Gasteiger partial charge is 0.387 e. The van der Waals surface area contributed by atoms with Crippen LogP contribution >= 0.6 is 11.8 Å². The van der Waals surface area contributed by atoms with E-state index in [1.807, 2.05) is 4.68 Å². The van der Waals surface area contributed by atoms with E-state index in [1.165, 1.54) is 0 Å². The fourth-order valence-corrected chi connectivity index (χ4v) is 4.34. The molecule has 9 heteroatoms. The third-order valence-corrected chi connectivity index (χ3v) is 5.64. The molecule has 0 aromatic carbocycles. The molecule has 134 valence electrons. The number of fused-ring (bicyclic) bond motifs is 1.